The van der Waals surface area contributed by atoms with Gasteiger partial charge in [0.1, 0.15) is 0 Å². The van der Waals surface area contributed by atoms with Crippen molar-refractivity contribution in [1.82, 2.24) is 4.31 Å². The molecular weight excluding hydrogens is 288 g/mol. The number of nitrogens with zero attached hydrogens (tertiary/aromatic N) is 2. The Labute approximate surface area is 125 Å². The number of rotatable bonds is 5. The minimum absolute atomic E-state index is 0.0304. The molecule has 0 aromatic heterocycles. The molecule has 0 amide bonds. The van der Waals surface area contributed by atoms with Gasteiger partial charge in [-0.3, -0.25) is 0 Å². The van der Waals surface area contributed by atoms with Crippen LogP contribution in [-0.2, 0) is 10.0 Å². The van der Waals surface area contributed by atoms with E-state index in [0.29, 0.717) is 11.1 Å². The van der Waals surface area contributed by atoms with Crippen LogP contribution >= 0.6 is 0 Å². The minimum Gasteiger partial charge on any atom is -0.395 e. The summed E-state index contributed by atoms with van der Waals surface area (Å²) in [5.41, 5.74) is 1.01. The van der Waals surface area contributed by atoms with Crippen LogP contribution in [0.3, 0.4) is 0 Å². The van der Waals surface area contributed by atoms with Gasteiger partial charge < -0.3 is 5.11 Å². The zero-order chi connectivity index (χ0) is 15.5. The zero-order valence-corrected chi connectivity index (χ0v) is 12.9. The molecule has 1 aromatic carbocycles. The van der Waals surface area contributed by atoms with Crippen molar-refractivity contribution >= 4 is 10.0 Å². The predicted octanol–water partition coefficient (Wildman–Crippen LogP) is 1.79. The van der Waals surface area contributed by atoms with Gasteiger partial charge in [0.25, 0.3) is 0 Å². The van der Waals surface area contributed by atoms with E-state index in [-0.39, 0.29) is 24.1 Å². The number of nitriles is 1. The quantitative estimate of drug-likeness (QED) is 0.899. The van der Waals surface area contributed by atoms with Gasteiger partial charge >= 0.3 is 0 Å². The van der Waals surface area contributed by atoms with Gasteiger partial charge in [0.15, 0.2) is 0 Å². The average molecular weight is 308 g/mol. The molecule has 5 nitrogen and oxygen atoms in total. The van der Waals surface area contributed by atoms with Crippen LogP contribution in [0.5, 0.6) is 0 Å². The van der Waals surface area contributed by atoms with Gasteiger partial charge in [-0.1, -0.05) is 12.8 Å². The first-order valence-corrected chi connectivity index (χ1v) is 8.58. The van der Waals surface area contributed by atoms with Crippen molar-refractivity contribution in [2.45, 2.75) is 43.5 Å². The van der Waals surface area contributed by atoms with Gasteiger partial charge in [-0.15, -0.1) is 0 Å². The topological polar surface area (TPSA) is 81.4 Å². The highest BCUT2D eigenvalue weighted by atomic mass is 32.2. The fraction of sp³-hybridized carbons (Fsp3) is 0.533. The van der Waals surface area contributed by atoms with E-state index < -0.39 is 10.0 Å². The summed E-state index contributed by atoms with van der Waals surface area (Å²) in [6, 6.07) is 6.57. The Balaban J connectivity index is 2.40. The van der Waals surface area contributed by atoms with E-state index in [1.165, 1.54) is 16.4 Å². The highest BCUT2D eigenvalue weighted by Gasteiger charge is 2.33. The number of hydrogen-bond donors (Lipinski definition) is 1. The summed E-state index contributed by atoms with van der Waals surface area (Å²) in [7, 11) is -3.64. The Morgan fingerprint density at radius 1 is 1.38 bits per heavy atom. The molecule has 0 radical (unpaired) electrons. The molecule has 0 atom stereocenters. The number of aryl methyl sites for hydroxylation is 1. The van der Waals surface area contributed by atoms with E-state index in [9.17, 15) is 13.5 Å². The smallest absolute Gasteiger partial charge is 0.243 e. The normalized spacial score (nSPS) is 16.3. The zero-order valence-electron chi connectivity index (χ0n) is 12.1. The first-order valence-electron chi connectivity index (χ1n) is 7.14. The molecule has 1 saturated carbocycles. The Morgan fingerprint density at radius 2 is 2.05 bits per heavy atom. The Kier molecular flexibility index (Phi) is 4.99. The number of sulfonamides is 1. The van der Waals surface area contributed by atoms with Crippen LogP contribution in [0.2, 0.25) is 0 Å². The Hall–Kier alpha value is -1.42. The molecule has 0 spiro atoms. The average Bonchev–Trinajstić information content (AvgIpc) is 2.97. The first-order chi connectivity index (χ1) is 10.0. The second kappa shape index (κ2) is 6.56. The van der Waals surface area contributed by atoms with Crippen molar-refractivity contribution in [3.8, 4) is 6.07 Å². The van der Waals surface area contributed by atoms with Gasteiger partial charge in [-0.2, -0.15) is 9.57 Å². The summed E-state index contributed by atoms with van der Waals surface area (Å²) >= 11 is 0. The largest absolute Gasteiger partial charge is 0.395 e. The van der Waals surface area contributed by atoms with Crippen LogP contribution in [0.4, 0.5) is 0 Å². The van der Waals surface area contributed by atoms with Crippen LogP contribution in [0.15, 0.2) is 23.1 Å². The van der Waals surface area contributed by atoms with Crippen molar-refractivity contribution in [3.63, 3.8) is 0 Å². The third-order valence-electron chi connectivity index (χ3n) is 3.94. The number of benzene rings is 1. The molecule has 0 heterocycles. The summed E-state index contributed by atoms with van der Waals surface area (Å²) in [6.45, 7) is 1.62. The fourth-order valence-corrected chi connectivity index (χ4v) is 4.81. The van der Waals surface area contributed by atoms with Crippen molar-refractivity contribution in [2.24, 2.45) is 0 Å². The Morgan fingerprint density at radius 3 is 2.57 bits per heavy atom. The van der Waals surface area contributed by atoms with E-state index in [1.807, 2.05) is 6.07 Å². The van der Waals surface area contributed by atoms with Crippen LogP contribution in [-0.4, -0.2) is 37.0 Å². The molecular formula is C15H20N2O3S. The van der Waals surface area contributed by atoms with Gasteiger partial charge in [0, 0.05) is 12.6 Å². The molecule has 1 aliphatic rings. The molecule has 1 aromatic rings. The monoisotopic (exact) mass is 308 g/mol. The van der Waals surface area contributed by atoms with Gasteiger partial charge in [0.05, 0.1) is 23.1 Å². The molecule has 0 aliphatic heterocycles. The third kappa shape index (κ3) is 3.26. The lowest BCUT2D eigenvalue weighted by Gasteiger charge is -2.28. The molecule has 0 saturated heterocycles. The molecule has 2 rings (SSSR count). The maximum Gasteiger partial charge on any atom is 0.243 e. The van der Waals surface area contributed by atoms with Crippen molar-refractivity contribution in [3.05, 3.63) is 29.3 Å². The summed E-state index contributed by atoms with van der Waals surface area (Å²) in [4.78, 5) is 0.224. The van der Waals surface area contributed by atoms with Gasteiger partial charge in [-0.05, 0) is 43.5 Å². The lowest BCUT2D eigenvalue weighted by atomic mass is 10.2. The highest BCUT2D eigenvalue weighted by molar-refractivity contribution is 7.89. The van der Waals surface area contributed by atoms with Crippen LogP contribution in [0.25, 0.3) is 0 Å². The molecule has 1 aliphatic carbocycles. The summed E-state index contributed by atoms with van der Waals surface area (Å²) < 4.78 is 27.1. The van der Waals surface area contributed by atoms with E-state index in [2.05, 4.69) is 0 Å². The standard InChI is InChI=1S/C15H20N2O3S/c1-12-10-13(11-16)6-7-15(12)21(19,20)17(8-9-18)14-4-2-3-5-14/h6-7,10,14,18H,2-5,8-9H2,1H3. The lowest BCUT2D eigenvalue weighted by Crippen LogP contribution is -2.40. The van der Waals surface area contributed by atoms with Crippen molar-refractivity contribution in [1.29, 1.82) is 5.26 Å². The van der Waals surface area contributed by atoms with Crippen LogP contribution in [0.1, 0.15) is 36.8 Å². The number of aliphatic hydroxyl groups excluding tert-OH is 1. The molecule has 1 N–H and O–H groups in total. The van der Waals surface area contributed by atoms with E-state index in [1.54, 1.807) is 13.0 Å². The summed E-state index contributed by atoms with van der Waals surface area (Å²) in [5.74, 6) is 0. The summed E-state index contributed by atoms with van der Waals surface area (Å²) in [5, 5.41) is 18.1. The van der Waals surface area contributed by atoms with Crippen LogP contribution in [0, 0.1) is 18.3 Å². The fourth-order valence-electron chi connectivity index (χ4n) is 2.92. The maximum atomic E-state index is 12.9. The third-order valence-corrected chi connectivity index (χ3v) is 6.06. The second-order valence-corrected chi connectivity index (χ2v) is 7.23. The number of aliphatic hydroxyl groups is 1. The Bertz CT molecular complexity index is 643. The first kappa shape index (κ1) is 16.0. The van der Waals surface area contributed by atoms with Crippen molar-refractivity contribution in [2.75, 3.05) is 13.2 Å². The molecule has 21 heavy (non-hydrogen) atoms. The molecule has 1 fully saturated rings. The van der Waals surface area contributed by atoms with Gasteiger partial charge in [0.2, 0.25) is 10.0 Å². The number of hydrogen-bond acceptors (Lipinski definition) is 4. The van der Waals surface area contributed by atoms with E-state index in [0.717, 1.165) is 25.7 Å². The molecule has 114 valence electrons. The van der Waals surface area contributed by atoms with Gasteiger partial charge in [-0.25, -0.2) is 8.42 Å². The second-order valence-electron chi connectivity index (χ2n) is 5.37. The van der Waals surface area contributed by atoms with E-state index >= 15 is 0 Å². The van der Waals surface area contributed by atoms with E-state index in [4.69, 9.17) is 5.26 Å². The molecule has 6 heteroatoms. The minimum atomic E-state index is -3.64. The molecule has 0 bridgehead atoms. The van der Waals surface area contributed by atoms with Crippen molar-refractivity contribution < 1.29 is 13.5 Å². The molecule has 0 unspecified atom stereocenters. The summed E-state index contributed by atoms with van der Waals surface area (Å²) in [6.07, 6.45) is 3.73. The SMILES string of the molecule is Cc1cc(C#N)ccc1S(=O)(=O)N(CCO)C1CCCC1. The maximum absolute atomic E-state index is 12.9. The lowest BCUT2D eigenvalue weighted by molar-refractivity contribution is 0.226. The van der Waals surface area contributed by atoms with Crippen LogP contribution < -0.4 is 0 Å². The highest BCUT2D eigenvalue weighted by Crippen LogP contribution is 2.29. The predicted molar refractivity (Wildman–Crippen MR) is 79.1 cm³/mol.